The molecule has 4 rings (SSSR count). The first-order valence-corrected chi connectivity index (χ1v) is 12.8. The van der Waals surface area contributed by atoms with E-state index < -0.39 is 9.84 Å². The number of para-hydroxylation sites is 1. The van der Waals surface area contributed by atoms with E-state index in [-0.39, 0.29) is 11.7 Å². The van der Waals surface area contributed by atoms with Crippen molar-refractivity contribution in [1.82, 2.24) is 4.98 Å². The Bertz CT molecular complexity index is 1290. The van der Waals surface area contributed by atoms with Crippen LogP contribution in [0.25, 0.3) is 10.2 Å². The highest BCUT2D eigenvalue weighted by Crippen LogP contribution is 2.34. The van der Waals surface area contributed by atoms with Gasteiger partial charge in [-0.15, -0.1) is 0 Å². The van der Waals surface area contributed by atoms with Crippen molar-refractivity contribution in [2.24, 2.45) is 0 Å². The van der Waals surface area contributed by atoms with E-state index in [1.165, 1.54) is 23.2 Å². The van der Waals surface area contributed by atoms with Crippen LogP contribution in [0.1, 0.15) is 28.4 Å². The molecule has 0 radical (unpaired) electrons. The Morgan fingerprint density at radius 1 is 0.935 bits per heavy atom. The van der Waals surface area contributed by atoms with Crippen molar-refractivity contribution in [3.63, 3.8) is 0 Å². The monoisotopic (exact) mass is 450 g/mol. The summed E-state index contributed by atoms with van der Waals surface area (Å²) in [5.74, 6) is -0.268. The third-order valence-electron chi connectivity index (χ3n) is 4.91. The number of sulfone groups is 1. The van der Waals surface area contributed by atoms with Crippen LogP contribution in [0.5, 0.6) is 0 Å². The van der Waals surface area contributed by atoms with Gasteiger partial charge in [0.15, 0.2) is 15.0 Å². The van der Waals surface area contributed by atoms with Crippen LogP contribution in [-0.4, -0.2) is 25.6 Å². The Kier molecular flexibility index (Phi) is 5.89. The fourth-order valence-electron chi connectivity index (χ4n) is 3.33. The fraction of sp³-hybridized carbons (Fsp3) is 0.167. The van der Waals surface area contributed by atoms with E-state index in [1.54, 1.807) is 29.2 Å². The summed E-state index contributed by atoms with van der Waals surface area (Å²) in [6.07, 6.45) is 2.11. The minimum atomic E-state index is -3.14. The lowest BCUT2D eigenvalue weighted by molar-refractivity contribution is 0.0999. The van der Waals surface area contributed by atoms with E-state index in [2.05, 4.69) is 11.9 Å². The molecule has 0 fully saturated rings. The number of carbonyl (C=O) groups is 1. The summed E-state index contributed by atoms with van der Waals surface area (Å²) in [6, 6.07) is 22.4. The number of aromatic nitrogens is 1. The maximum atomic E-state index is 13.5. The Morgan fingerprint density at radius 2 is 1.58 bits per heavy atom. The van der Waals surface area contributed by atoms with Gasteiger partial charge < -0.3 is 0 Å². The molecule has 0 aliphatic rings. The summed E-state index contributed by atoms with van der Waals surface area (Å²) in [6.45, 7) is 2.09. The second-order valence-corrected chi connectivity index (χ2v) is 10.5. The van der Waals surface area contributed by atoms with Crippen LogP contribution in [0.3, 0.4) is 0 Å². The Balaban J connectivity index is 1.75. The van der Waals surface area contributed by atoms with Crippen molar-refractivity contribution in [3.05, 3.63) is 89.5 Å². The molecule has 0 bridgehead atoms. The normalized spacial score (nSPS) is 11.5. The molecule has 0 N–H and O–H groups in total. The van der Waals surface area contributed by atoms with Gasteiger partial charge in [0.1, 0.15) is 0 Å². The molecule has 1 aromatic heterocycles. The molecule has 0 aliphatic carbocycles. The first-order valence-electron chi connectivity index (χ1n) is 9.89. The SMILES string of the molecule is CCc1ccc(N(C(=O)c2ccc(CS(C)(=O)=O)cc2)c2nc3ccccc3s2)cc1. The molecule has 3 aromatic carbocycles. The Labute approximate surface area is 185 Å². The first-order chi connectivity index (χ1) is 14.8. The zero-order valence-electron chi connectivity index (χ0n) is 17.3. The maximum absolute atomic E-state index is 13.5. The number of thiazole rings is 1. The molecular weight excluding hydrogens is 428 g/mol. The second kappa shape index (κ2) is 8.61. The van der Waals surface area contributed by atoms with Gasteiger partial charge in [-0.3, -0.25) is 9.69 Å². The minimum absolute atomic E-state index is 0.0540. The number of benzene rings is 3. The van der Waals surface area contributed by atoms with Crippen molar-refractivity contribution in [2.75, 3.05) is 11.2 Å². The quantitative estimate of drug-likeness (QED) is 0.395. The van der Waals surface area contributed by atoms with E-state index in [0.717, 1.165) is 22.3 Å². The third kappa shape index (κ3) is 4.84. The molecule has 31 heavy (non-hydrogen) atoms. The van der Waals surface area contributed by atoms with E-state index in [4.69, 9.17) is 0 Å². The van der Waals surface area contributed by atoms with Crippen LogP contribution in [0, 0.1) is 0 Å². The highest BCUT2D eigenvalue weighted by molar-refractivity contribution is 7.89. The second-order valence-electron chi connectivity index (χ2n) is 7.39. The van der Waals surface area contributed by atoms with E-state index in [9.17, 15) is 13.2 Å². The topological polar surface area (TPSA) is 67.3 Å². The Morgan fingerprint density at radius 3 is 2.19 bits per heavy atom. The average Bonchev–Trinajstić information content (AvgIpc) is 3.17. The molecular formula is C24H22N2O3S2. The summed E-state index contributed by atoms with van der Waals surface area (Å²) in [4.78, 5) is 19.9. The largest absolute Gasteiger partial charge is 0.268 e. The van der Waals surface area contributed by atoms with E-state index >= 15 is 0 Å². The maximum Gasteiger partial charge on any atom is 0.264 e. The molecule has 0 unspecified atom stereocenters. The predicted octanol–water partition coefficient (Wildman–Crippen LogP) is 5.38. The molecule has 5 nitrogen and oxygen atoms in total. The van der Waals surface area contributed by atoms with Crippen LogP contribution < -0.4 is 4.90 Å². The van der Waals surface area contributed by atoms with Gasteiger partial charge in [-0.1, -0.05) is 54.7 Å². The summed E-state index contributed by atoms with van der Waals surface area (Å²) >= 11 is 1.46. The molecule has 1 heterocycles. The van der Waals surface area contributed by atoms with Gasteiger partial charge in [0.2, 0.25) is 0 Å². The fourth-order valence-corrected chi connectivity index (χ4v) is 5.11. The number of aryl methyl sites for hydroxylation is 1. The molecule has 0 aliphatic heterocycles. The predicted molar refractivity (Wildman–Crippen MR) is 127 cm³/mol. The van der Waals surface area contributed by atoms with Gasteiger partial charge in [-0.25, -0.2) is 13.4 Å². The molecule has 158 valence electrons. The lowest BCUT2D eigenvalue weighted by Gasteiger charge is -2.20. The number of hydrogen-bond acceptors (Lipinski definition) is 5. The smallest absolute Gasteiger partial charge is 0.264 e. The van der Waals surface area contributed by atoms with E-state index in [1.807, 2.05) is 48.5 Å². The zero-order valence-corrected chi connectivity index (χ0v) is 18.9. The van der Waals surface area contributed by atoms with Crippen molar-refractivity contribution in [2.45, 2.75) is 19.1 Å². The van der Waals surface area contributed by atoms with Crippen molar-refractivity contribution >= 4 is 48.1 Å². The van der Waals surface area contributed by atoms with Crippen molar-refractivity contribution in [1.29, 1.82) is 0 Å². The number of fused-ring (bicyclic) bond motifs is 1. The molecule has 0 spiro atoms. The van der Waals surface area contributed by atoms with Gasteiger partial charge in [0.05, 0.1) is 21.7 Å². The van der Waals surface area contributed by atoms with Crippen LogP contribution >= 0.6 is 11.3 Å². The summed E-state index contributed by atoms with van der Waals surface area (Å²) in [5, 5.41) is 0.593. The summed E-state index contributed by atoms with van der Waals surface area (Å²) < 4.78 is 24.1. The molecule has 4 aromatic rings. The van der Waals surface area contributed by atoms with Crippen LogP contribution in [0.4, 0.5) is 10.8 Å². The molecule has 0 atom stereocenters. The third-order valence-corrected chi connectivity index (χ3v) is 6.79. The molecule has 0 saturated heterocycles. The number of amides is 1. The highest BCUT2D eigenvalue weighted by Gasteiger charge is 2.23. The molecule has 7 heteroatoms. The molecule has 1 amide bonds. The van der Waals surface area contributed by atoms with Gasteiger partial charge in [-0.05, 0) is 53.9 Å². The van der Waals surface area contributed by atoms with Crippen molar-refractivity contribution < 1.29 is 13.2 Å². The number of nitrogens with zero attached hydrogens (tertiary/aromatic N) is 2. The minimum Gasteiger partial charge on any atom is -0.268 e. The van der Waals surface area contributed by atoms with Crippen molar-refractivity contribution in [3.8, 4) is 0 Å². The van der Waals surface area contributed by atoms with Gasteiger partial charge in [0.25, 0.3) is 5.91 Å². The first kappa shape index (κ1) is 21.2. The highest BCUT2D eigenvalue weighted by atomic mass is 32.2. The molecule has 0 saturated carbocycles. The number of anilines is 2. The van der Waals surface area contributed by atoms with Gasteiger partial charge in [-0.2, -0.15) is 0 Å². The average molecular weight is 451 g/mol. The summed E-state index contributed by atoms with van der Waals surface area (Å²) in [7, 11) is -3.14. The van der Waals surface area contributed by atoms with Gasteiger partial charge >= 0.3 is 0 Å². The van der Waals surface area contributed by atoms with Gasteiger partial charge in [0, 0.05) is 11.8 Å². The standard InChI is InChI=1S/C24H22N2O3S2/c1-3-17-10-14-20(15-11-17)26(24-25-21-6-4-5-7-22(21)30-24)23(27)19-12-8-18(9-13-19)16-31(2,28)29/h4-15H,3,16H2,1-2H3. The number of carbonyl (C=O) groups excluding carboxylic acids is 1. The zero-order chi connectivity index (χ0) is 22.0. The number of hydrogen-bond donors (Lipinski definition) is 0. The van der Waals surface area contributed by atoms with Crippen LogP contribution in [0.2, 0.25) is 0 Å². The summed E-state index contributed by atoms with van der Waals surface area (Å²) in [5.41, 5.74) is 3.88. The Hall–Kier alpha value is -3.03. The lowest BCUT2D eigenvalue weighted by Crippen LogP contribution is -2.25. The van der Waals surface area contributed by atoms with Crippen LogP contribution in [-0.2, 0) is 22.0 Å². The van der Waals surface area contributed by atoms with E-state index in [0.29, 0.717) is 16.3 Å². The lowest BCUT2D eigenvalue weighted by atomic mass is 10.1. The van der Waals surface area contributed by atoms with Crippen LogP contribution in [0.15, 0.2) is 72.8 Å². The number of rotatable bonds is 6.